The average molecular weight is 200 g/mol. The second-order valence-corrected chi connectivity index (χ2v) is 3.65. The Balaban J connectivity index is 4.37. The Morgan fingerprint density at radius 1 is 1.21 bits per heavy atom. The van der Waals surface area contributed by atoms with Crippen LogP contribution in [-0.4, -0.2) is 22.6 Å². The van der Waals surface area contributed by atoms with E-state index in [9.17, 15) is 14.4 Å². The fraction of sp³-hybridized carbons (Fsp3) is 0.700. The lowest BCUT2D eigenvalue weighted by atomic mass is 9.88. The molecule has 0 bridgehead atoms. The highest BCUT2D eigenvalue weighted by Gasteiger charge is 2.25. The minimum absolute atomic E-state index is 0.113. The van der Waals surface area contributed by atoms with Gasteiger partial charge in [0, 0.05) is 12.3 Å². The molecule has 0 amide bonds. The Kier molecular flexibility index (Phi) is 5.05. The Bertz CT molecular complexity index is 243. The number of hydrogen-bond donors (Lipinski definition) is 1. The monoisotopic (exact) mass is 200 g/mol. The van der Waals surface area contributed by atoms with Gasteiger partial charge < -0.3 is 5.11 Å². The molecule has 80 valence electrons. The minimum atomic E-state index is -0.979. The maximum Gasteiger partial charge on any atom is 0.303 e. The number of carbonyl (C=O) groups excluding carboxylic acids is 2. The first-order chi connectivity index (χ1) is 6.36. The number of aliphatic carboxylic acids is 1. The van der Waals surface area contributed by atoms with Crippen LogP contribution in [0, 0.1) is 11.8 Å². The van der Waals surface area contributed by atoms with E-state index in [0.29, 0.717) is 0 Å². The van der Waals surface area contributed by atoms with E-state index in [0.717, 1.165) is 0 Å². The lowest BCUT2D eigenvalue weighted by molar-refractivity contribution is -0.138. The largest absolute Gasteiger partial charge is 0.481 e. The van der Waals surface area contributed by atoms with E-state index < -0.39 is 11.9 Å². The van der Waals surface area contributed by atoms with E-state index in [4.69, 9.17) is 5.11 Å². The van der Waals surface area contributed by atoms with E-state index in [1.54, 1.807) is 13.8 Å². The summed E-state index contributed by atoms with van der Waals surface area (Å²) < 4.78 is 0. The summed E-state index contributed by atoms with van der Waals surface area (Å²) in [7, 11) is 0. The molecule has 0 saturated carbocycles. The van der Waals surface area contributed by atoms with Gasteiger partial charge in [0.25, 0.3) is 0 Å². The highest BCUT2D eigenvalue weighted by atomic mass is 16.4. The maximum atomic E-state index is 11.5. The number of carboxylic acids is 1. The number of hydrogen-bond acceptors (Lipinski definition) is 3. The SMILES string of the molecule is CC(=O)C(CCC(=O)O)C(=O)C(C)C. The third-order valence-electron chi connectivity index (χ3n) is 2.05. The van der Waals surface area contributed by atoms with Crippen LogP contribution in [0.1, 0.15) is 33.6 Å². The van der Waals surface area contributed by atoms with Crippen molar-refractivity contribution in [3.63, 3.8) is 0 Å². The van der Waals surface area contributed by atoms with Gasteiger partial charge in [-0.25, -0.2) is 0 Å². The van der Waals surface area contributed by atoms with Crippen LogP contribution in [0.15, 0.2) is 0 Å². The molecule has 0 rings (SSSR count). The first-order valence-electron chi connectivity index (χ1n) is 4.62. The Morgan fingerprint density at radius 2 is 1.71 bits per heavy atom. The van der Waals surface area contributed by atoms with Crippen molar-refractivity contribution in [3.05, 3.63) is 0 Å². The van der Waals surface area contributed by atoms with Gasteiger partial charge in [0.1, 0.15) is 11.6 Å². The van der Waals surface area contributed by atoms with E-state index >= 15 is 0 Å². The molecule has 0 fully saturated rings. The van der Waals surface area contributed by atoms with Crippen LogP contribution in [0.3, 0.4) is 0 Å². The molecular weight excluding hydrogens is 184 g/mol. The molecule has 4 nitrogen and oxygen atoms in total. The minimum Gasteiger partial charge on any atom is -0.481 e. The number of ketones is 2. The topological polar surface area (TPSA) is 71.4 Å². The van der Waals surface area contributed by atoms with Gasteiger partial charge in [0.05, 0.1) is 5.92 Å². The molecule has 1 atom stereocenters. The van der Waals surface area contributed by atoms with Crippen molar-refractivity contribution in [2.24, 2.45) is 11.8 Å². The number of rotatable bonds is 6. The van der Waals surface area contributed by atoms with Crippen LogP contribution in [0.2, 0.25) is 0 Å². The van der Waals surface area contributed by atoms with Gasteiger partial charge in [-0.1, -0.05) is 13.8 Å². The van der Waals surface area contributed by atoms with Crippen molar-refractivity contribution >= 4 is 17.5 Å². The third kappa shape index (κ3) is 4.16. The highest BCUT2D eigenvalue weighted by Crippen LogP contribution is 2.14. The summed E-state index contributed by atoms with van der Waals surface area (Å²) in [6.45, 7) is 4.74. The summed E-state index contributed by atoms with van der Waals surface area (Å²) in [5.41, 5.74) is 0. The van der Waals surface area contributed by atoms with Crippen LogP contribution in [-0.2, 0) is 14.4 Å². The maximum absolute atomic E-state index is 11.5. The lowest BCUT2D eigenvalue weighted by Crippen LogP contribution is -2.26. The molecule has 1 N–H and O–H groups in total. The predicted molar refractivity (Wildman–Crippen MR) is 50.9 cm³/mol. The van der Waals surface area contributed by atoms with Crippen molar-refractivity contribution in [1.82, 2.24) is 0 Å². The molecule has 0 aliphatic carbocycles. The van der Waals surface area contributed by atoms with Crippen LogP contribution in [0.5, 0.6) is 0 Å². The predicted octanol–water partition coefficient (Wildman–Crippen LogP) is 1.28. The summed E-state index contributed by atoms with van der Waals surface area (Å²) in [6.07, 6.45) is -0.0234. The molecule has 0 aromatic heterocycles. The van der Waals surface area contributed by atoms with Crippen LogP contribution in [0.25, 0.3) is 0 Å². The van der Waals surface area contributed by atoms with Gasteiger partial charge in [0.15, 0.2) is 0 Å². The first kappa shape index (κ1) is 12.8. The van der Waals surface area contributed by atoms with Crippen LogP contribution >= 0.6 is 0 Å². The molecule has 0 radical (unpaired) electrons. The van der Waals surface area contributed by atoms with Crippen molar-refractivity contribution in [3.8, 4) is 0 Å². The standard InChI is InChI=1S/C10H16O4/c1-6(2)10(14)8(7(3)11)4-5-9(12)13/h6,8H,4-5H2,1-3H3,(H,12,13). The van der Waals surface area contributed by atoms with Gasteiger partial charge >= 0.3 is 5.97 Å². The van der Waals surface area contributed by atoms with Gasteiger partial charge in [-0.05, 0) is 13.3 Å². The fourth-order valence-corrected chi connectivity index (χ4v) is 1.22. The van der Waals surface area contributed by atoms with Gasteiger partial charge in [-0.15, -0.1) is 0 Å². The van der Waals surface area contributed by atoms with Crippen molar-refractivity contribution in [2.45, 2.75) is 33.6 Å². The van der Waals surface area contributed by atoms with E-state index in [2.05, 4.69) is 0 Å². The van der Waals surface area contributed by atoms with E-state index in [1.165, 1.54) is 6.92 Å². The Hall–Kier alpha value is -1.19. The van der Waals surface area contributed by atoms with Gasteiger partial charge in [-0.2, -0.15) is 0 Å². The molecule has 0 heterocycles. The second-order valence-electron chi connectivity index (χ2n) is 3.65. The lowest BCUT2D eigenvalue weighted by Gasteiger charge is -2.13. The van der Waals surface area contributed by atoms with Crippen molar-refractivity contribution < 1.29 is 19.5 Å². The van der Waals surface area contributed by atoms with Crippen molar-refractivity contribution in [1.29, 1.82) is 0 Å². The molecule has 4 heteroatoms. The van der Waals surface area contributed by atoms with Gasteiger partial charge in [-0.3, -0.25) is 14.4 Å². The second kappa shape index (κ2) is 5.52. The molecule has 0 aromatic carbocycles. The number of Topliss-reactive ketones (excluding diaryl/α,β-unsaturated/α-hetero) is 2. The third-order valence-corrected chi connectivity index (χ3v) is 2.05. The molecule has 0 aliphatic heterocycles. The van der Waals surface area contributed by atoms with Gasteiger partial charge in [0.2, 0.25) is 0 Å². The summed E-state index contributed by atoms with van der Waals surface area (Å²) in [5.74, 6) is -2.36. The van der Waals surface area contributed by atoms with Crippen molar-refractivity contribution in [2.75, 3.05) is 0 Å². The molecule has 0 aliphatic rings. The molecule has 14 heavy (non-hydrogen) atoms. The van der Waals surface area contributed by atoms with E-state index in [-0.39, 0.29) is 30.3 Å². The zero-order valence-electron chi connectivity index (χ0n) is 8.74. The van der Waals surface area contributed by atoms with E-state index in [1.807, 2.05) is 0 Å². The highest BCUT2D eigenvalue weighted by molar-refractivity contribution is 6.02. The zero-order valence-corrected chi connectivity index (χ0v) is 8.74. The number of carbonyl (C=O) groups is 3. The quantitative estimate of drug-likeness (QED) is 0.655. The van der Waals surface area contributed by atoms with Crippen LogP contribution in [0.4, 0.5) is 0 Å². The first-order valence-corrected chi connectivity index (χ1v) is 4.62. The number of carboxylic acid groups (broad SMARTS) is 1. The molecular formula is C10H16O4. The molecule has 0 saturated heterocycles. The normalized spacial score (nSPS) is 12.6. The fourth-order valence-electron chi connectivity index (χ4n) is 1.22. The molecule has 0 aromatic rings. The molecule has 1 unspecified atom stereocenters. The summed E-state index contributed by atoms with van der Waals surface area (Å²) >= 11 is 0. The van der Waals surface area contributed by atoms with Crippen LogP contribution < -0.4 is 0 Å². The molecule has 0 spiro atoms. The zero-order chi connectivity index (χ0) is 11.3. The smallest absolute Gasteiger partial charge is 0.303 e. The Morgan fingerprint density at radius 3 is 2.00 bits per heavy atom. The summed E-state index contributed by atoms with van der Waals surface area (Å²) in [5, 5.41) is 8.44. The average Bonchev–Trinajstić information content (AvgIpc) is 2.02. The summed E-state index contributed by atoms with van der Waals surface area (Å²) in [4.78, 5) is 32.9. The Labute approximate surface area is 83.3 Å². The summed E-state index contributed by atoms with van der Waals surface area (Å²) in [6, 6.07) is 0.